The Kier molecular flexibility index (Phi) is 9.70. The lowest BCUT2D eigenvalue weighted by Gasteiger charge is -2.34. The summed E-state index contributed by atoms with van der Waals surface area (Å²) in [6, 6.07) is 20.7. The van der Waals surface area contributed by atoms with Crippen LogP contribution < -0.4 is 5.69 Å². The minimum Gasteiger partial charge on any atom is -0.381 e. The van der Waals surface area contributed by atoms with Crippen LogP contribution in [0.25, 0.3) is 28.1 Å². The van der Waals surface area contributed by atoms with Crippen LogP contribution in [0.4, 0.5) is 4.39 Å². The van der Waals surface area contributed by atoms with Gasteiger partial charge in [-0.3, -0.25) is 18.6 Å². The molecule has 4 aromatic heterocycles. The first-order valence-electron chi connectivity index (χ1n) is 21.0. The van der Waals surface area contributed by atoms with Crippen molar-refractivity contribution in [2.24, 2.45) is 11.4 Å². The summed E-state index contributed by atoms with van der Waals surface area (Å²) < 4.78 is 47.2. The Hall–Kier alpha value is -6.06. The van der Waals surface area contributed by atoms with Gasteiger partial charge < -0.3 is 14.2 Å². The van der Waals surface area contributed by atoms with Crippen LogP contribution in [0.1, 0.15) is 82.3 Å². The van der Waals surface area contributed by atoms with Crippen molar-refractivity contribution in [2.75, 3.05) is 32.1 Å². The van der Waals surface area contributed by atoms with Crippen molar-refractivity contribution in [3.8, 4) is 17.2 Å². The molecule has 7 heterocycles. The summed E-state index contributed by atoms with van der Waals surface area (Å²) in [5.74, 6) is 0.983. The van der Waals surface area contributed by atoms with Gasteiger partial charge in [-0.15, -0.1) is 0 Å². The van der Waals surface area contributed by atoms with E-state index in [9.17, 15) is 9.00 Å². The fourth-order valence-electron chi connectivity index (χ4n) is 9.46. The highest BCUT2D eigenvalue weighted by Crippen LogP contribution is 2.38. The number of fused-ring (bicyclic) bond motifs is 2. The lowest BCUT2D eigenvalue weighted by molar-refractivity contribution is 0.0667. The Morgan fingerprint density at radius 2 is 1.70 bits per heavy atom. The fraction of sp³-hybridized carbons (Fsp3) is 0.348. The summed E-state index contributed by atoms with van der Waals surface area (Å²) >= 11 is 0. The van der Waals surface area contributed by atoms with E-state index in [2.05, 4.69) is 32.2 Å². The molecule has 0 bridgehead atoms. The van der Waals surface area contributed by atoms with E-state index < -0.39 is 15.8 Å². The van der Waals surface area contributed by atoms with Gasteiger partial charge in [-0.25, -0.2) is 22.4 Å². The summed E-state index contributed by atoms with van der Waals surface area (Å²) in [6.07, 6.45) is 8.34. The van der Waals surface area contributed by atoms with Crippen molar-refractivity contribution in [3.05, 3.63) is 141 Å². The van der Waals surface area contributed by atoms with Gasteiger partial charge in [0, 0.05) is 85.5 Å². The second-order valence-corrected chi connectivity index (χ2v) is 19.0. The summed E-state index contributed by atoms with van der Waals surface area (Å²) in [5, 5.41) is 10.5. The minimum atomic E-state index is -2.45. The molecule has 0 radical (unpaired) electrons. The summed E-state index contributed by atoms with van der Waals surface area (Å²) in [4.78, 5) is 32.3. The number of benzene rings is 3. The van der Waals surface area contributed by atoms with E-state index in [0.717, 1.165) is 60.3 Å². The average molecular weight is 842 g/mol. The molecule has 3 aliphatic heterocycles. The van der Waals surface area contributed by atoms with Crippen LogP contribution >= 0.6 is 0 Å². The number of ether oxygens (including phenoxy) is 1. The first-order valence-corrected chi connectivity index (χ1v) is 22.7. The summed E-state index contributed by atoms with van der Waals surface area (Å²) in [5.41, 5.74) is 7.01. The van der Waals surface area contributed by atoms with Gasteiger partial charge in [-0.1, -0.05) is 6.07 Å². The third kappa shape index (κ3) is 6.65. The van der Waals surface area contributed by atoms with Crippen LogP contribution in [0.2, 0.25) is 0 Å². The predicted octanol–water partition coefficient (Wildman–Crippen LogP) is 7.19. The first kappa shape index (κ1) is 39.1. The van der Waals surface area contributed by atoms with Crippen molar-refractivity contribution in [1.82, 2.24) is 38.2 Å². The number of aryl methyl sites for hydroxylation is 3. The summed E-state index contributed by atoms with van der Waals surface area (Å²) in [6.45, 7) is 8.35. The molecule has 314 valence electrons. The van der Waals surface area contributed by atoms with E-state index in [1.54, 1.807) is 78.1 Å². The number of carbonyl (C=O) groups excluding carboxylic acids is 1. The molecule has 10 rings (SSSR count). The molecule has 0 aliphatic carbocycles. The smallest absolute Gasteiger partial charge is 0.338 e. The maximum absolute atomic E-state index is 15.2. The van der Waals surface area contributed by atoms with Crippen molar-refractivity contribution in [1.29, 1.82) is 0 Å². The highest BCUT2D eigenvalue weighted by atomic mass is 32.2. The first-order chi connectivity index (χ1) is 29.5. The van der Waals surface area contributed by atoms with E-state index in [0.29, 0.717) is 76.6 Å². The molecule has 3 aromatic carbocycles. The number of hydrogen-bond donors (Lipinski definition) is 0. The highest BCUT2D eigenvalue weighted by molar-refractivity contribution is 7.93. The topological polar surface area (TPSA) is 126 Å². The number of halogens is 1. The summed E-state index contributed by atoms with van der Waals surface area (Å²) in [7, 11) is -0.542. The number of rotatable bonds is 8. The Morgan fingerprint density at radius 3 is 2.41 bits per heavy atom. The zero-order chi connectivity index (χ0) is 42.2. The van der Waals surface area contributed by atoms with E-state index in [4.69, 9.17) is 9.84 Å². The molecule has 0 unspecified atom stereocenters. The standard InChI is InChI=1S/C46H48FN9O4S/c1-29-24-37(25-30(2)43(29)47)56-44(54-20-19-53(46(54)58)35-7-9-38(10-8-35)61(59)23-5-16-49-61)42-31(3)52(18-13-39(42)50-56)45(57)41-27-34-26-33(32-14-21-60-22-15-32)6-11-40(34)55(41)28-36-12-17-48-51(36)4/h6-12,17,19-20,24-27,31-32H,5,13-16,18,21-23,28H2,1-4H3/t31-,61-/m0/s1. The monoisotopic (exact) mass is 841 g/mol. The fourth-order valence-corrected chi connectivity index (χ4v) is 11.5. The Morgan fingerprint density at radius 1 is 0.951 bits per heavy atom. The molecule has 1 fully saturated rings. The molecule has 1 saturated heterocycles. The zero-order valence-electron chi connectivity index (χ0n) is 34.8. The maximum atomic E-state index is 15.2. The SMILES string of the molecule is Cc1cc(-n2nc3c(c2-n2ccn(-c4ccc([S@]5(=O)=NCCC5)cc4)c2=O)[C@H](C)N(C(=O)c2cc4cc(C5CCOCC5)ccc4n2Cc2ccnn2C)CC3)cc(C)c1F. The number of aromatic nitrogens is 7. The number of imidazole rings is 1. The van der Waals surface area contributed by atoms with Crippen LogP contribution in [0.15, 0.2) is 99.4 Å². The van der Waals surface area contributed by atoms with Crippen LogP contribution in [0.3, 0.4) is 0 Å². The van der Waals surface area contributed by atoms with Crippen molar-refractivity contribution >= 4 is 26.5 Å². The molecule has 13 nitrogen and oxygen atoms in total. The van der Waals surface area contributed by atoms with Gasteiger partial charge in [0.2, 0.25) is 0 Å². The maximum Gasteiger partial charge on any atom is 0.338 e. The third-order valence-corrected chi connectivity index (χ3v) is 15.3. The van der Waals surface area contributed by atoms with Crippen LogP contribution in [0.5, 0.6) is 0 Å². The normalized spacial score (nSPS) is 19.4. The van der Waals surface area contributed by atoms with Gasteiger partial charge in [0.25, 0.3) is 5.91 Å². The number of amides is 1. The van der Waals surface area contributed by atoms with Crippen molar-refractivity contribution in [3.63, 3.8) is 0 Å². The quantitative estimate of drug-likeness (QED) is 0.160. The van der Waals surface area contributed by atoms with E-state index in [1.807, 2.05) is 35.7 Å². The largest absolute Gasteiger partial charge is 0.381 e. The van der Waals surface area contributed by atoms with Gasteiger partial charge in [0.15, 0.2) is 0 Å². The van der Waals surface area contributed by atoms with E-state index >= 15 is 9.18 Å². The predicted molar refractivity (Wildman–Crippen MR) is 231 cm³/mol. The molecule has 61 heavy (non-hydrogen) atoms. The Labute approximate surface area is 353 Å². The Bertz CT molecular complexity index is 3020. The second kappa shape index (κ2) is 15.1. The van der Waals surface area contributed by atoms with Gasteiger partial charge >= 0.3 is 5.69 Å². The number of carbonyl (C=O) groups is 1. The molecule has 0 spiro atoms. The Balaban J connectivity index is 1.07. The van der Waals surface area contributed by atoms with Crippen LogP contribution in [-0.2, 0) is 34.5 Å². The van der Waals surface area contributed by atoms with Crippen molar-refractivity contribution < 1.29 is 18.1 Å². The van der Waals surface area contributed by atoms with Crippen molar-refractivity contribution in [2.45, 2.75) is 69.9 Å². The lowest BCUT2D eigenvalue weighted by Crippen LogP contribution is -2.40. The molecular weight excluding hydrogens is 794 g/mol. The van der Waals surface area contributed by atoms with E-state index in [-0.39, 0.29) is 17.4 Å². The van der Waals surface area contributed by atoms with Gasteiger partial charge in [0.1, 0.15) is 17.3 Å². The minimum absolute atomic E-state index is 0.131. The number of hydrogen-bond acceptors (Lipinski definition) is 7. The molecule has 0 saturated carbocycles. The highest BCUT2D eigenvalue weighted by Gasteiger charge is 2.37. The molecule has 3 aliphatic rings. The van der Waals surface area contributed by atoms with Gasteiger partial charge in [-0.05, 0) is 123 Å². The molecule has 0 N–H and O–H groups in total. The molecule has 1 amide bonds. The van der Waals surface area contributed by atoms with Gasteiger partial charge in [-0.2, -0.15) is 10.2 Å². The zero-order valence-corrected chi connectivity index (χ0v) is 35.6. The van der Waals surface area contributed by atoms with Gasteiger partial charge in [0.05, 0.1) is 45.1 Å². The lowest BCUT2D eigenvalue weighted by atomic mass is 9.91. The molecular formula is C46H48FN9O4S. The second-order valence-electron chi connectivity index (χ2n) is 16.5. The number of nitrogens with zero attached hydrogens (tertiary/aromatic N) is 9. The molecule has 2 atom stereocenters. The molecule has 7 aromatic rings. The third-order valence-electron chi connectivity index (χ3n) is 12.8. The van der Waals surface area contributed by atoms with Crippen LogP contribution in [0, 0.1) is 19.7 Å². The van der Waals surface area contributed by atoms with Crippen LogP contribution in [-0.4, -0.2) is 80.3 Å². The van der Waals surface area contributed by atoms with E-state index in [1.165, 1.54) is 10.1 Å². The molecule has 15 heteroatoms. The average Bonchev–Trinajstić information content (AvgIpc) is 4.12.